The van der Waals surface area contributed by atoms with E-state index in [1.54, 1.807) is 55.5 Å². The Kier molecular flexibility index (Phi) is 13.2. The number of ether oxygens (including phenoxy) is 5. The quantitative estimate of drug-likeness (QED) is 0.138. The first kappa shape index (κ1) is 30.1. The van der Waals surface area contributed by atoms with Gasteiger partial charge in [-0.1, -0.05) is 13.2 Å². The van der Waals surface area contributed by atoms with Crippen LogP contribution in [-0.2, 0) is 19.1 Å². The fourth-order valence-corrected chi connectivity index (χ4v) is 2.95. The van der Waals surface area contributed by atoms with Crippen molar-refractivity contribution in [2.75, 3.05) is 33.0 Å². The lowest BCUT2D eigenvalue weighted by Gasteiger charge is -2.09. The fourth-order valence-electron chi connectivity index (χ4n) is 2.95. The number of rotatable bonds is 17. The van der Waals surface area contributed by atoms with Crippen LogP contribution in [0.4, 0.5) is 0 Å². The van der Waals surface area contributed by atoms with Crippen molar-refractivity contribution in [1.29, 1.82) is 0 Å². The molecule has 0 atom stereocenters. The second-order valence-corrected chi connectivity index (χ2v) is 8.31. The molecular formula is C29H34O9. The van der Waals surface area contributed by atoms with Gasteiger partial charge in [-0.25, -0.2) is 14.4 Å². The van der Waals surface area contributed by atoms with Gasteiger partial charge in [0.1, 0.15) is 30.5 Å². The van der Waals surface area contributed by atoms with E-state index < -0.39 is 24.5 Å². The summed E-state index contributed by atoms with van der Waals surface area (Å²) in [5.41, 5.74) is 0.736. The molecule has 0 fully saturated rings. The molecule has 0 amide bonds. The van der Waals surface area contributed by atoms with E-state index in [1.165, 1.54) is 0 Å². The Morgan fingerprint density at radius 2 is 1.21 bits per heavy atom. The molecule has 2 aromatic carbocycles. The summed E-state index contributed by atoms with van der Waals surface area (Å²) in [6, 6.07) is 13.2. The van der Waals surface area contributed by atoms with Gasteiger partial charge >= 0.3 is 17.9 Å². The van der Waals surface area contributed by atoms with Gasteiger partial charge in [-0.3, -0.25) is 0 Å². The molecule has 0 aromatic heterocycles. The van der Waals surface area contributed by atoms with Gasteiger partial charge in [0.15, 0.2) is 0 Å². The lowest BCUT2D eigenvalue weighted by Crippen LogP contribution is -2.12. The molecule has 0 aliphatic carbocycles. The highest BCUT2D eigenvalue weighted by atomic mass is 16.6. The zero-order valence-electron chi connectivity index (χ0n) is 21.6. The van der Waals surface area contributed by atoms with Crippen molar-refractivity contribution < 1.29 is 43.2 Å². The Morgan fingerprint density at radius 1 is 0.684 bits per heavy atom. The molecule has 0 unspecified atom stereocenters. The maximum atomic E-state index is 12.4. The molecule has 0 aliphatic heterocycles. The average Bonchev–Trinajstić information content (AvgIpc) is 2.92. The maximum absolute atomic E-state index is 12.4. The number of aliphatic hydroxyl groups is 1. The SMILES string of the molecule is C=C(C)C(=O)OCCOc1ccc(C(=O)Oc2ccc(OCCCCCCOC(=O)C(=C)CO)cc2)cc1. The molecule has 0 saturated heterocycles. The maximum Gasteiger partial charge on any atom is 0.343 e. The second kappa shape index (κ2) is 16.6. The summed E-state index contributed by atoms with van der Waals surface area (Å²) in [7, 11) is 0. The van der Waals surface area contributed by atoms with Gasteiger partial charge in [0.05, 0.1) is 31.0 Å². The number of hydrogen-bond donors (Lipinski definition) is 1. The molecule has 2 aromatic rings. The van der Waals surface area contributed by atoms with Gasteiger partial charge in [0, 0.05) is 5.57 Å². The molecule has 2 rings (SSSR count). The fraction of sp³-hybridized carbons (Fsp3) is 0.345. The van der Waals surface area contributed by atoms with Crippen LogP contribution in [-0.4, -0.2) is 56.0 Å². The molecule has 0 aliphatic rings. The molecule has 0 spiro atoms. The topological polar surface area (TPSA) is 118 Å². The Hall–Kier alpha value is -4.11. The summed E-state index contributed by atoms with van der Waals surface area (Å²) in [4.78, 5) is 35.1. The van der Waals surface area contributed by atoms with E-state index >= 15 is 0 Å². The van der Waals surface area contributed by atoms with Crippen molar-refractivity contribution in [3.63, 3.8) is 0 Å². The van der Waals surface area contributed by atoms with E-state index in [0.29, 0.717) is 41.6 Å². The monoisotopic (exact) mass is 526 g/mol. The van der Waals surface area contributed by atoms with E-state index in [-0.39, 0.29) is 18.8 Å². The average molecular weight is 527 g/mol. The van der Waals surface area contributed by atoms with Crippen LogP contribution in [0, 0.1) is 0 Å². The first-order valence-electron chi connectivity index (χ1n) is 12.3. The van der Waals surface area contributed by atoms with Crippen molar-refractivity contribution in [1.82, 2.24) is 0 Å². The lowest BCUT2D eigenvalue weighted by molar-refractivity contribution is -0.140. The lowest BCUT2D eigenvalue weighted by atomic mass is 10.2. The predicted octanol–water partition coefficient (Wildman–Crippen LogP) is 4.43. The van der Waals surface area contributed by atoms with Gasteiger partial charge in [0.2, 0.25) is 0 Å². The highest BCUT2D eigenvalue weighted by Crippen LogP contribution is 2.20. The van der Waals surface area contributed by atoms with E-state index in [0.717, 1.165) is 25.7 Å². The van der Waals surface area contributed by atoms with Crippen molar-refractivity contribution in [3.8, 4) is 17.2 Å². The molecule has 9 heteroatoms. The minimum Gasteiger partial charge on any atom is -0.494 e. The van der Waals surface area contributed by atoms with Gasteiger partial charge in [-0.2, -0.15) is 0 Å². The highest BCUT2D eigenvalue weighted by molar-refractivity contribution is 5.91. The standard InChI is InChI=1S/C29H34O9/c1-21(2)27(31)37-19-18-35-24-10-8-23(9-11-24)29(33)38-26-14-12-25(13-15-26)34-16-6-4-5-7-17-36-28(32)22(3)20-30/h8-15,30H,1,3-7,16-20H2,2H3. The molecule has 204 valence electrons. The molecular weight excluding hydrogens is 492 g/mol. The zero-order valence-corrected chi connectivity index (χ0v) is 21.6. The smallest absolute Gasteiger partial charge is 0.343 e. The summed E-state index contributed by atoms with van der Waals surface area (Å²) in [5, 5.41) is 8.81. The van der Waals surface area contributed by atoms with Crippen molar-refractivity contribution in [2.24, 2.45) is 0 Å². The van der Waals surface area contributed by atoms with E-state index in [1.807, 2.05) is 0 Å². The van der Waals surface area contributed by atoms with Crippen LogP contribution in [0.1, 0.15) is 43.0 Å². The Balaban J connectivity index is 1.62. The van der Waals surface area contributed by atoms with Gasteiger partial charge in [0.25, 0.3) is 0 Å². The van der Waals surface area contributed by atoms with Crippen LogP contribution in [0.5, 0.6) is 17.2 Å². The minimum atomic E-state index is -0.565. The largest absolute Gasteiger partial charge is 0.494 e. The first-order chi connectivity index (χ1) is 18.3. The Labute approximate surface area is 222 Å². The summed E-state index contributed by atoms with van der Waals surface area (Å²) >= 11 is 0. The zero-order chi connectivity index (χ0) is 27.8. The molecule has 0 heterocycles. The number of aliphatic hydroxyl groups excluding tert-OH is 1. The normalized spacial score (nSPS) is 10.3. The minimum absolute atomic E-state index is 0.0527. The number of benzene rings is 2. The summed E-state index contributed by atoms with van der Waals surface area (Å²) in [6.45, 7) is 9.19. The van der Waals surface area contributed by atoms with Crippen LogP contribution in [0.3, 0.4) is 0 Å². The van der Waals surface area contributed by atoms with Crippen LogP contribution in [0.2, 0.25) is 0 Å². The third-order valence-corrected chi connectivity index (χ3v) is 5.08. The molecule has 0 saturated carbocycles. The third kappa shape index (κ3) is 11.3. The highest BCUT2D eigenvalue weighted by Gasteiger charge is 2.10. The van der Waals surface area contributed by atoms with Gasteiger partial charge < -0.3 is 28.8 Å². The second-order valence-electron chi connectivity index (χ2n) is 8.31. The van der Waals surface area contributed by atoms with E-state index in [9.17, 15) is 14.4 Å². The van der Waals surface area contributed by atoms with Crippen LogP contribution in [0.15, 0.2) is 72.8 Å². The van der Waals surface area contributed by atoms with E-state index in [2.05, 4.69) is 13.2 Å². The molecule has 0 radical (unpaired) electrons. The summed E-state index contributed by atoms with van der Waals surface area (Å²) in [5.74, 6) is 0.0410. The Bertz CT molecular complexity index is 1070. The summed E-state index contributed by atoms with van der Waals surface area (Å²) < 4.78 is 26.5. The van der Waals surface area contributed by atoms with Crippen LogP contribution < -0.4 is 14.2 Å². The molecule has 38 heavy (non-hydrogen) atoms. The number of carbonyl (C=O) groups is 3. The molecule has 9 nitrogen and oxygen atoms in total. The van der Waals surface area contributed by atoms with E-state index in [4.69, 9.17) is 28.8 Å². The first-order valence-corrected chi connectivity index (χ1v) is 12.3. The predicted molar refractivity (Wildman–Crippen MR) is 140 cm³/mol. The van der Waals surface area contributed by atoms with Crippen molar-refractivity contribution in [2.45, 2.75) is 32.6 Å². The van der Waals surface area contributed by atoms with Gasteiger partial charge in [-0.15, -0.1) is 0 Å². The summed E-state index contributed by atoms with van der Waals surface area (Å²) in [6.07, 6.45) is 3.37. The third-order valence-electron chi connectivity index (χ3n) is 5.08. The molecule has 0 bridgehead atoms. The van der Waals surface area contributed by atoms with Crippen molar-refractivity contribution >= 4 is 17.9 Å². The Morgan fingerprint density at radius 3 is 1.82 bits per heavy atom. The van der Waals surface area contributed by atoms with Crippen molar-refractivity contribution in [3.05, 3.63) is 78.4 Å². The number of unbranched alkanes of at least 4 members (excludes halogenated alkanes) is 3. The number of esters is 3. The van der Waals surface area contributed by atoms with Crippen LogP contribution >= 0.6 is 0 Å². The number of hydrogen-bond acceptors (Lipinski definition) is 9. The molecule has 1 N–H and O–H groups in total. The number of carbonyl (C=O) groups excluding carboxylic acids is 3. The van der Waals surface area contributed by atoms with Gasteiger partial charge in [-0.05, 0) is 81.1 Å². The van der Waals surface area contributed by atoms with Crippen LogP contribution in [0.25, 0.3) is 0 Å².